The molecule has 0 radical (unpaired) electrons. The van der Waals surface area contributed by atoms with Crippen molar-refractivity contribution in [1.29, 1.82) is 0 Å². The number of carbonyl (C=O) groups is 1. The lowest BCUT2D eigenvalue weighted by atomic mass is 9.61. The Hall–Kier alpha value is -3.83. The fourth-order valence-electron chi connectivity index (χ4n) is 8.01. The number of nitrogens with zero attached hydrogens (tertiary/aromatic N) is 7. The van der Waals surface area contributed by atoms with Gasteiger partial charge in [0.15, 0.2) is 11.6 Å². The number of pyridine rings is 1. The molecule has 5 heterocycles. The molecule has 0 N–H and O–H groups in total. The summed E-state index contributed by atoms with van der Waals surface area (Å²) in [5, 5.41) is 0. The van der Waals surface area contributed by atoms with Crippen LogP contribution in [0.3, 0.4) is 0 Å². The van der Waals surface area contributed by atoms with Crippen molar-refractivity contribution in [1.82, 2.24) is 29.7 Å². The highest BCUT2D eigenvalue weighted by molar-refractivity contribution is 5.97. The Morgan fingerprint density at radius 1 is 1.13 bits per heavy atom. The van der Waals surface area contributed by atoms with E-state index in [2.05, 4.69) is 31.7 Å². The van der Waals surface area contributed by atoms with E-state index in [9.17, 15) is 9.18 Å². The second-order valence-corrected chi connectivity index (χ2v) is 14.3. The number of fused-ring (bicyclic) bond motifs is 1. The zero-order valence-corrected chi connectivity index (χ0v) is 28.0. The molecule has 1 unspecified atom stereocenters. The standard InChI is InChI=1S/C36H46FN7O3/c1-5-44(24(2)3)35(45)28-14-26(37)6-7-31(28)47-33-17-38-23-40-34(33)43-21-36(22-43)15-27(16-36)46-32-8-11-39-30-10-13-42(20-29(30)32)19-25-9-12-41(4)18-25/h6-8,11,14,17,23-25,27H,5,9-10,12-13,15-16,18-22H2,1-4H3. The van der Waals surface area contributed by atoms with Crippen molar-refractivity contribution in [2.75, 3.05) is 57.8 Å². The Morgan fingerprint density at radius 3 is 2.70 bits per heavy atom. The van der Waals surface area contributed by atoms with E-state index in [-0.39, 0.29) is 34.8 Å². The maximum Gasteiger partial charge on any atom is 0.257 e. The van der Waals surface area contributed by atoms with E-state index in [0.29, 0.717) is 18.1 Å². The molecule has 250 valence electrons. The first-order valence-corrected chi connectivity index (χ1v) is 17.1. The molecule has 0 bridgehead atoms. The van der Waals surface area contributed by atoms with Crippen LogP contribution in [0.5, 0.6) is 17.2 Å². The number of aromatic nitrogens is 3. The van der Waals surface area contributed by atoms with Crippen LogP contribution >= 0.6 is 0 Å². The number of likely N-dealkylation sites (tertiary alicyclic amines) is 1. The predicted octanol–water partition coefficient (Wildman–Crippen LogP) is 5.03. The number of benzene rings is 1. The van der Waals surface area contributed by atoms with Gasteiger partial charge in [-0.05, 0) is 83.8 Å². The van der Waals surface area contributed by atoms with E-state index < -0.39 is 5.82 Å². The van der Waals surface area contributed by atoms with Crippen LogP contribution in [0.15, 0.2) is 43.0 Å². The summed E-state index contributed by atoms with van der Waals surface area (Å²) < 4.78 is 27.2. The Bertz CT molecular complexity index is 1610. The second-order valence-electron chi connectivity index (χ2n) is 14.3. The second kappa shape index (κ2) is 13.0. The molecule has 1 aromatic carbocycles. The quantitative estimate of drug-likeness (QED) is 0.302. The highest BCUT2D eigenvalue weighted by Gasteiger charge is 2.54. The lowest BCUT2D eigenvalue weighted by Gasteiger charge is -2.59. The highest BCUT2D eigenvalue weighted by atomic mass is 19.1. The van der Waals surface area contributed by atoms with Crippen LogP contribution in [0.1, 0.15) is 61.6 Å². The monoisotopic (exact) mass is 643 g/mol. The minimum Gasteiger partial charge on any atom is -0.490 e. The first-order chi connectivity index (χ1) is 22.7. The van der Waals surface area contributed by atoms with Crippen molar-refractivity contribution < 1.29 is 18.7 Å². The molecule has 3 fully saturated rings. The number of carbonyl (C=O) groups excluding carboxylic acids is 1. The maximum absolute atomic E-state index is 14.3. The molecule has 10 nitrogen and oxygen atoms in total. The number of halogens is 1. The summed E-state index contributed by atoms with van der Waals surface area (Å²) in [7, 11) is 2.22. The maximum atomic E-state index is 14.3. The van der Waals surface area contributed by atoms with Crippen molar-refractivity contribution >= 4 is 11.7 Å². The number of rotatable bonds is 10. The van der Waals surface area contributed by atoms with Crippen molar-refractivity contribution in [3.05, 3.63) is 65.6 Å². The first kappa shape index (κ1) is 31.8. The van der Waals surface area contributed by atoms with Crippen molar-refractivity contribution in [3.8, 4) is 17.2 Å². The third-order valence-electron chi connectivity index (χ3n) is 10.4. The fourth-order valence-corrected chi connectivity index (χ4v) is 8.01. The molecule has 1 spiro atoms. The summed E-state index contributed by atoms with van der Waals surface area (Å²) in [6.07, 6.45) is 9.42. The van der Waals surface area contributed by atoms with Crippen LogP contribution in [0.4, 0.5) is 10.2 Å². The normalized spacial score (nSPS) is 21.0. The van der Waals surface area contributed by atoms with E-state index in [1.165, 1.54) is 55.3 Å². The average molecular weight is 644 g/mol. The third kappa shape index (κ3) is 6.52. The lowest BCUT2D eigenvalue weighted by molar-refractivity contribution is -0.0353. The molecular weight excluding hydrogens is 597 g/mol. The third-order valence-corrected chi connectivity index (χ3v) is 10.4. The van der Waals surface area contributed by atoms with Crippen molar-refractivity contribution in [3.63, 3.8) is 0 Å². The minimum absolute atomic E-state index is 0.0328. The van der Waals surface area contributed by atoms with E-state index in [0.717, 1.165) is 63.7 Å². The van der Waals surface area contributed by atoms with Gasteiger partial charge in [0.25, 0.3) is 5.91 Å². The summed E-state index contributed by atoms with van der Waals surface area (Å²) >= 11 is 0. The fraction of sp³-hybridized carbons (Fsp3) is 0.556. The van der Waals surface area contributed by atoms with Gasteiger partial charge in [-0.2, -0.15) is 0 Å². The first-order valence-electron chi connectivity index (χ1n) is 17.1. The summed E-state index contributed by atoms with van der Waals surface area (Å²) in [5.74, 6) is 2.38. The number of hydrogen-bond donors (Lipinski definition) is 0. The van der Waals surface area contributed by atoms with Crippen LogP contribution in [-0.4, -0.2) is 101 Å². The van der Waals surface area contributed by atoms with Crippen molar-refractivity contribution in [2.24, 2.45) is 11.3 Å². The average Bonchev–Trinajstić information content (AvgIpc) is 3.43. The van der Waals surface area contributed by atoms with Crippen LogP contribution in [0.25, 0.3) is 0 Å². The van der Waals surface area contributed by atoms with Gasteiger partial charge >= 0.3 is 0 Å². The molecule has 3 aromatic rings. The molecule has 2 saturated heterocycles. The highest BCUT2D eigenvalue weighted by Crippen LogP contribution is 2.52. The number of amides is 1. The van der Waals surface area contributed by atoms with Gasteiger partial charge in [-0.3, -0.25) is 14.7 Å². The van der Waals surface area contributed by atoms with Crippen LogP contribution in [0.2, 0.25) is 0 Å². The summed E-state index contributed by atoms with van der Waals surface area (Å²) in [6.45, 7) is 13.5. The van der Waals surface area contributed by atoms with Gasteiger partial charge in [0, 0.05) is 81.1 Å². The topological polar surface area (TPSA) is 87.2 Å². The molecular formula is C36H46FN7O3. The van der Waals surface area contributed by atoms with Gasteiger partial charge < -0.3 is 24.2 Å². The molecule has 1 aliphatic carbocycles. The summed E-state index contributed by atoms with van der Waals surface area (Å²) in [5.41, 5.74) is 2.80. The molecule has 7 rings (SSSR count). The Morgan fingerprint density at radius 2 is 1.96 bits per heavy atom. The van der Waals surface area contributed by atoms with Gasteiger partial charge in [0.05, 0.1) is 11.8 Å². The van der Waals surface area contributed by atoms with Crippen LogP contribution in [0, 0.1) is 17.2 Å². The van der Waals surface area contributed by atoms with Crippen LogP contribution in [-0.2, 0) is 13.0 Å². The SMILES string of the molecule is CCN(C(=O)c1cc(F)ccc1Oc1cncnc1N1CC2(CC(Oc3ccnc4c3CN(CC3CCN(C)C3)CC4)C2)C1)C(C)C. The molecule has 47 heavy (non-hydrogen) atoms. The molecule has 1 amide bonds. The Balaban J connectivity index is 0.978. The van der Waals surface area contributed by atoms with E-state index >= 15 is 0 Å². The van der Waals surface area contributed by atoms with Crippen LogP contribution < -0.4 is 14.4 Å². The van der Waals surface area contributed by atoms with Gasteiger partial charge in [-0.15, -0.1) is 0 Å². The summed E-state index contributed by atoms with van der Waals surface area (Å²) in [4.78, 5) is 35.7. The van der Waals surface area contributed by atoms with Crippen molar-refractivity contribution in [2.45, 2.75) is 65.1 Å². The minimum atomic E-state index is -0.488. The zero-order chi connectivity index (χ0) is 32.7. The molecule has 11 heteroatoms. The van der Waals surface area contributed by atoms with E-state index in [1.807, 2.05) is 33.0 Å². The van der Waals surface area contributed by atoms with Gasteiger partial charge in [-0.1, -0.05) is 0 Å². The number of ether oxygens (including phenoxy) is 2. The Labute approximate surface area is 276 Å². The molecule has 2 aromatic heterocycles. The molecule has 4 aliphatic rings. The van der Waals surface area contributed by atoms with Gasteiger partial charge in [0.2, 0.25) is 0 Å². The lowest BCUT2D eigenvalue weighted by Crippen LogP contribution is -2.65. The van der Waals surface area contributed by atoms with Gasteiger partial charge in [0.1, 0.15) is 29.7 Å². The Kier molecular flexibility index (Phi) is 8.78. The summed E-state index contributed by atoms with van der Waals surface area (Å²) in [6, 6.07) is 6.06. The number of hydrogen-bond acceptors (Lipinski definition) is 9. The molecule has 3 aliphatic heterocycles. The van der Waals surface area contributed by atoms with E-state index in [1.54, 1.807) is 11.1 Å². The van der Waals surface area contributed by atoms with E-state index in [4.69, 9.17) is 14.5 Å². The smallest absolute Gasteiger partial charge is 0.257 e. The zero-order valence-electron chi connectivity index (χ0n) is 28.0. The van der Waals surface area contributed by atoms with Gasteiger partial charge in [-0.25, -0.2) is 14.4 Å². The molecule has 1 saturated carbocycles. The largest absolute Gasteiger partial charge is 0.490 e. The number of anilines is 1. The predicted molar refractivity (Wildman–Crippen MR) is 177 cm³/mol. The molecule has 1 atom stereocenters.